The Kier molecular flexibility index (Phi) is 4.61. The Bertz CT molecular complexity index is 1040. The van der Waals surface area contributed by atoms with Crippen molar-refractivity contribution in [2.45, 2.75) is 13.5 Å². The monoisotopic (exact) mass is 377 g/mol. The maximum Gasteiger partial charge on any atom is 0.289 e. The second kappa shape index (κ2) is 7.23. The zero-order valence-electron chi connectivity index (χ0n) is 15.6. The average Bonchev–Trinajstić information content (AvgIpc) is 3.36. The first kappa shape index (κ1) is 17.9. The van der Waals surface area contributed by atoms with Gasteiger partial charge in [0.15, 0.2) is 23.0 Å². The summed E-state index contributed by atoms with van der Waals surface area (Å²) in [7, 11) is 1.72. The van der Waals surface area contributed by atoms with Crippen LogP contribution in [0.15, 0.2) is 59.0 Å². The van der Waals surface area contributed by atoms with Crippen LogP contribution in [0.5, 0.6) is 11.5 Å². The molecule has 0 unspecified atom stereocenters. The maximum atomic E-state index is 12.7. The number of hydrogen-bond donors (Lipinski definition) is 0. The Balaban J connectivity index is 1.47. The molecule has 0 saturated carbocycles. The molecule has 0 radical (unpaired) electrons. The molecular weight excluding hydrogens is 358 g/mol. The van der Waals surface area contributed by atoms with Gasteiger partial charge in [-0.25, -0.2) is 0 Å². The molecule has 4 rings (SSSR count). The molecule has 0 N–H and O–H groups in total. The van der Waals surface area contributed by atoms with Gasteiger partial charge in [0.05, 0.1) is 0 Å². The molecule has 6 nitrogen and oxygen atoms in total. The van der Waals surface area contributed by atoms with E-state index in [0.29, 0.717) is 29.4 Å². The molecule has 2 heterocycles. The molecular formula is C22H19NO5. The van der Waals surface area contributed by atoms with Crippen molar-refractivity contribution in [3.8, 4) is 22.8 Å². The highest BCUT2D eigenvalue weighted by Crippen LogP contribution is 2.33. The van der Waals surface area contributed by atoms with Crippen LogP contribution < -0.4 is 9.47 Å². The van der Waals surface area contributed by atoms with E-state index in [1.165, 1.54) is 6.92 Å². The van der Waals surface area contributed by atoms with Crippen LogP contribution in [-0.4, -0.2) is 30.4 Å². The summed E-state index contributed by atoms with van der Waals surface area (Å²) < 4.78 is 16.4. The SMILES string of the molecule is CC(=O)c1ccc(-c2ccc(C(=O)N(C)Cc3ccc4c(c3)OCO4)o2)cc1. The first-order valence-corrected chi connectivity index (χ1v) is 8.86. The molecule has 0 fully saturated rings. The van der Waals surface area contributed by atoms with Gasteiger partial charge in [-0.2, -0.15) is 0 Å². The van der Waals surface area contributed by atoms with Crippen LogP contribution in [0.4, 0.5) is 0 Å². The molecule has 0 aliphatic carbocycles. The third-order valence-electron chi connectivity index (χ3n) is 4.60. The van der Waals surface area contributed by atoms with E-state index >= 15 is 0 Å². The molecule has 1 aliphatic heterocycles. The first-order valence-electron chi connectivity index (χ1n) is 8.86. The quantitative estimate of drug-likeness (QED) is 0.625. The second-order valence-corrected chi connectivity index (χ2v) is 6.65. The lowest BCUT2D eigenvalue weighted by Gasteiger charge is -2.16. The number of benzene rings is 2. The lowest BCUT2D eigenvalue weighted by Crippen LogP contribution is -2.25. The number of nitrogens with zero attached hydrogens (tertiary/aromatic N) is 1. The number of furan rings is 1. The van der Waals surface area contributed by atoms with Crippen molar-refractivity contribution in [2.24, 2.45) is 0 Å². The van der Waals surface area contributed by atoms with Crippen LogP contribution in [-0.2, 0) is 6.54 Å². The highest BCUT2D eigenvalue weighted by atomic mass is 16.7. The Morgan fingerprint density at radius 3 is 2.46 bits per heavy atom. The van der Waals surface area contributed by atoms with Crippen molar-refractivity contribution >= 4 is 11.7 Å². The summed E-state index contributed by atoms with van der Waals surface area (Å²) in [5.74, 6) is 2.02. The molecule has 6 heteroatoms. The number of ether oxygens (including phenoxy) is 2. The Morgan fingerprint density at radius 2 is 1.71 bits per heavy atom. The molecule has 0 bridgehead atoms. The maximum absolute atomic E-state index is 12.7. The van der Waals surface area contributed by atoms with Gasteiger partial charge in [-0.3, -0.25) is 9.59 Å². The second-order valence-electron chi connectivity index (χ2n) is 6.65. The van der Waals surface area contributed by atoms with Gasteiger partial charge < -0.3 is 18.8 Å². The number of fused-ring (bicyclic) bond motifs is 1. The fourth-order valence-electron chi connectivity index (χ4n) is 3.05. The van der Waals surface area contributed by atoms with Crippen LogP contribution in [0.25, 0.3) is 11.3 Å². The van der Waals surface area contributed by atoms with Crippen molar-refractivity contribution in [1.29, 1.82) is 0 Å². The summed E-state index contributed by atoms with van der Waals surface area (Å²) in [6.45, 7) is 2.16. The van der Waals surface area contributed by atoms with E-state index in [0.717, 1.165) is 11.1 Å². The van der Waals surface area contributed by atoms with Gasteiger partial charge in [0.1, 0.15) is 5.76 Å². The van der Waals surface area contributed by atoms with Gasteiger partial charge in [0, 0.05) is 24.7 Å². The average molecular weight is 377 g/mol. The number of carbonyl (C=O) groups is 2. The lowest BCUT2D eigenvalue weighted by atomic mass is 10.1. The predicted molar refractivity (Wildman–Crippen MR) is 103 cm³/mol. The van der Waals surface area contributed by atoms with Crippen molar-refractivity contribution in [3.63, 3.8) is 0 Å². The molecule has 1 aromatic heterocycles. The highest BCUT2D eigenvalue weighted by Gasteiger charge is 2.19. The van der Waals surface area contributed by atoms with E-state index in [1.807, 2.05) is 18.2 Å². The summed E-state index contributed by atoms with van der Waals surface area (Å²) in [6.07, 6.45) is 0. The van der Waals surface area contributed by atoms with E-state index in [4.69, 9.17) is 13.9 Å². The largest absolute Gasteiger partial charge is 0.454 e. The Hall–Kier alpha value is -3.54. The zero-order chi connectivity index (χ0) is 19.7. The fraction of sp³-hybridized carbons (Fsp3) is 0.182. The fourth-order valence-corrected chi connectivity index (χ4v) is 3.05. The summed E-state index contributed by atoms with van der Waals surface area (Å²) in [5, 5.41) is 0. The number of rotatable bonds is 5. The van der Waals surface area contributed by atoms with Crippen molar-refractivity contribution in [2.75, 3.05) is 13.8 Å². The van der Waals surface area contributed by atoms with Gasteiger partial charge in [0.25, 0.3) is 5.91 Å². The molecule has 28 heavy (non-hydrogen) atoms. The molecule has 0 atom stereocenters. The van der Waals surface area contributed by atoms with Crippen molar-refractivity contribution in [1.82, 2.24) is 4.90 Å². The molecule has 1 amide bonds. The normalized spacial score (nSPS) is 12.1. The third-order valence-corrected chi connectivity index (χ3v) is 4.60. The Labute approximate surface area is 162 Å². The topological polar surface area (TPSA) is 69.0 Å². The van der Waals surface area contributed by atoms with Gasteiger partial charge in [-0.15, -0.1) is 0 Å². The zero-order valence-corrected chi connectivity index (χ0v) is 15.6. The predicted octanol–water partition coefficient (Wildman–Crippen LogP) is 4.15. The molecule has 0 spiro atoms. The first-order chi connectivity index (χ1) is 13.5. The molecule has 3 aromatic rings. The van der Waals surface area contributed by atoms with Crippen LogP contribution >= 0.6 is 0 Å². The summed E-state index contributed by atoms with van der Waals surface area (Å²) >= 11 is 0. The van der Waals surface area contributed by atoms with Crippen LogP contribution in [0.1, 0.15) is 33.4 Å². The lowest BCUT2D eigenvalue weighted by molar-refractivity contribution is 0.0754. The van der Waals surface area contributed by atoms with Crippen molar-refractivity contribution in [3.05, 3.63) is 71.5 Å². The van der Waals surface area contributed by atoms with Gasteiger partial charge in [-0.05, 0) is 36.8 Å². The van der Waals surface area contributed by atoms with Crippen LogP contribution in [0.2, 0.25) is 0 Å². The molecule has 142 valence electrons. The number of hydrogen-bond acceptors (Lipinski definition) is 5. The van der Waals surface area contributed by atoms with Gasteiger partial charge in [-0.1, -0.05) is 30.3 Å². The number of Topliss-reactive ketones (excluding diaryl/α,β-unsaturated/α-hetero) is 1. The minimum Gasteiger partial charge on any atom is -0.454 e. The van der Waals surface area contributed by atoms with Gasteiger partial charge in [0.2, 0.25) is 6.79 Å². The number of ketones is 1. The van der Waals surface area contributed by atoms with E-state index in [9.17, 15) is 9.59 Å². The summed E-state index contributed by atoms with van der Waals surface area (Å²) in [5.41, 5.74) is 2.38. The van der Waals surface area contributed by atoms with E-state index in [-0.39, 0.29) is 24.2 Å². The van der Waals surface area contributed by atoms with E-state index in [1.54, 1.807) is 48.3 Å². The van der Waals surface area contributed by atoms with E-state index < -0.39 is 0 Å². The standard InChI is InChI=1S/C22H19NO5/c1-14(24)16-4-6-17(7-5-16)18-9-10-20(28-18)22(25)23(2)12-15-3-8-19-21(11-15)27-13-26-19/h3-11H,12-13H2,1-2H3. The Morgan fingerprint density at radius 1 is 0.964 bits per heavy atom. The highest BCUT2D eigenvalue weighted by molar-refractivity contribution is 5.94. The van der Waals surface area contributed by atoms with Gasteiger partial charge >= 0.3 is 0 Å². The number of carbonyl (C=O) groups excluding carboxylic acids is 2. The minimum absolute atomic E-state index is 0.00649. The smallest absolute Gasteiger partial charge is 0.289 e. The van der Waals surface area contributed by atoms with E-state index in [2.05, 4.69) is 0 Å². The number of amides is 1. The third kappa shape index (κ3) is 3.49. The summed E-state index contributed by atoms with van der Waals surface area (Å²) in [4.78, 5) is 25.7. The van der Waals surface area contributed by atoms with Crippen LogP contribution in [0, 0.1) is 0 Å². The van der Waals surface area contributed by atoms with Crippen molar-refractivity contribution < 1.29 is 23.5 Å². The van der Waals surface area contributed by atoms with Crippen LogP contribution in [0.3, 0.4) is 0 Å². The molecule has 1 aliphatic rings. The minimum atomic E-state index is -0.218. The molecule has 2 aromatic carbocycles. The molecule has 0 saturated heterocycles. The summed E-state index contributed by atoms with van der Waals surface area (Å²) in [6, 6.07) is 16.1.